The highest BCUT2D eigenvalue weighted by atomic mass is 16.4. The summed E-state index contributed by atoms with van der Waals surface area (Å²) in [6, 6.07) is -4.73. The molecule has 0 aliphatic carbocycles. The summed E-state index contributed by atoms with van der Waals surface area (Å²) in [5, 5.41) is 48.9. The summed E-state index contributed by atoms with van der Waals surface area (Å²) in [6.07, 6.45) is 4.98. The van der Waals surface area contributed by atoms with E-state index in [0.29, 0.717) is 51.5 Å². The first-order valence-corrected chi connectivity index (χ1v) is 14.5. The Morgan fingerprint density at radius 2 is 0.977 bits per heavy atom. The van der Waals surface area contributed by atoms with Crippen LogP contribution < -0.4 is 26.6 Å². The third-order valence-electron chi connectivity index (χ3n) is 6.46. The third-order valence-corrected chi connectivity index (χ3v) is 6.46. The Morgan fingerprint density at radius 3 is 1.47 bits per heavy atom. The smallest absolute Gasteiger partial charge is 0.326 e. The van der Waals surface area contributed by atoms with Gasteiger partial charge in [0.2, 0.25) is 11.8 Å². The van der Waals surface area contributed by atoms with Crippen LogP contribution in [-0.4, -0.2) is 100 Å². The number of aliphatic carboxylic acids is 4. The van der Waals surface area contributed by atoms with Crippen molar-refractivity contribution in [3.63, 3.8) is 0 Å². The van der Waals surface area contributed by atoms with E-state index in [1.165, 1.54) is 0 Å². The van der Waals surface area contributed by atoms with E-state index in [2.05, 4.69) is 26.6 Å². The molecular weight excluding hydrogens is 570 g/mol. The number of rotatable bonds is 26. The Labute approximate surface area is 250 Å². The molecule has 0 rings (SSSR count). The number of carbonyl (C=O) groups excluding carboxylic acids is 3. The minimum atomic E-state index is -1.49. The lowest BCUT2D eigenvalue weighted by molar-refractivity contribution is -0.142. The zero-order valence-electron chi connectivity index (χ0n) is 24.7. The molecule has 0 fully saturated rings. The molecule has 0 radical (unpaired) electrons. The molecule has 9 N–H and O–H groups in total. The number of carboxylic acids is 4. The number of urea groups is 1. The van der Waals surface area contributed by atoms with Crippen LogP contribution in [0.5, 0.6) is 0 Å². The highest BCUT2D eigenvalue weighted by Gasteiger charge is 2.25. The lowest BCUT2D eigenvalue weighted by Crippen LogP contribution is -2.51. The summed E-state index contributed by atoms with van der Waals surface area (Å²) in [5.41, 5.74) is 0. The van der Waals surface area contributed by atoms with Gasteiger partial charge in [-0.25, -0.2) is 19.2 Å². The standard InChI is InChI=1S/C27H47N5O11/c1-28-16-8-6-10-18(24(37)38)30-22(34)13-5-3-2-4-12-21(33)29-17-9-7-11-19(25(39)40)31-27(43)32-20(26(41)42)14-15-23(35)36/h18-20,28H,2-17H2,1H3,(H,29,33)(H,30,34)(H,35,36)(H,37,38)(H,39,40)(H,41,42)(H2,31,32,43)/t18-,19-,20-/m0/s1. The van der Waals surface area contributed by atoms with Gasteiger partial charge < -0.3 is 47.0 Å². The molecule has 4 amide bonds. The molecular formula is C27H47N5O11. The molecule has 43 heavy (non-hydrogen) atoms. The molecule has 3 atom stereocenters. The maximum atomic E-state index is 12.1. The molecule has 0 unspecified atom stereocenters. The van der Waals surface area contributed by atoms with E-state index in [9.17, 15) is 43.8 Å². The van der Waals surface area contributed by atoms with Crippen molar-refractivity contribution in [2.45, 2.75) is 108 Å². The maximum Gasteiger partial charge on any atom is 0.326 e. The SMILES string of the molecule is CNCCCC[C@H](NC(=O)CCCCCCC(=O)NCCCC[C@H](NC(=O)N[C@@H](CCC(=O)O)C(=O)O)C(=O)O)C(=O)O. The van der Waals surface area contributed by atoms with E-state index >= 15 is 0 Å². The first-order chi connectivity index (χ1) is 20.4. The molecule has 0 bridgehead atoms. The Bertz CT molecular complexity index is 916. The fourth-order valence-electron chi connectivity index (χ4n) is 4.03. The van der Waals surface area contributed by atoms with Crippen molar-refractivity contribution >= 4 is 41.7 Å². The molecule has 246 valence electrons. The predicted molar refractivity (Wildman–Crippen MR) is 153 cm³/mol. The molecule has 0 saturated heterocycles. The molecule has 0 aliphatic rings. The van der Waals surface area contributed by atoms with Gasteiger partial charge in [-0.15, -0.1) is 0 Å². The van der Waals surface area contributed by atoms with E-state index in [4.69, 9.17) is 10.2 Å². The number of carboxylic acid groups (broad SMARTS) is 4. The number of carbonyl (C=O) groups is 7. The molecule has 0 aromatic rings. The van der Waals surface area contributed by atoms with Crippen molar-refractivity contribution in [1.82, 2.24) is 26.6 Å². The summed E-state index contributed by atoms with van der Waals surface area (Å²) in [4.78, 5) is 80.7. The molecule has 0 heterocycles. The molecule has 0 aliphatic heterocycles. The fourth-order valence-corrected chi connectivity index (χ4v) is 4.03. The summed E-state index contributed by atoms with van der Waals surface area (Å²) in [5.74, 6) is -5.53. The molecule has 0 spiro atoms. The Morgan fingerprint density at radius 1 is 0.512 bits per heavy atom. The van der Waals surface area contributed by atoms with Crippen molar-refractivity contribution < 1.29 is 54.0 Å². The maximum absolute atomic E-state index is 12.1. The number of amides is 4. The van der Waals surface area contributed by atoms with Crippen LogP contribution in [-0.2, 0) is 28.8 Å². The monoisotopic (exact) mass is 617 g/mol. The van der Waals surface area contributed by atoms with E-state index in [0.717, 1.165) is 19.4 Å². The van der Waals surface area contributed by atoms with Gasteiger partial charge in [-0.2, -0.15) is 0 Å². The zero-order valence-corrected chi connectivity index (χ0v) is 24.7. The normalized spacial score (nSPS) is 12.8. The first-order valence-electron chi connectivity index (χ1n) is 14.5. The Hall–Kier alpha value is -3.95. The minimum absolute atomic E-state index is 0.0304. The van der Waals surface area contributed by atoms with Crippen molar-refractivity contribution in [1.29, 1.82) is 0 Å². The van der Waals surface area contributed by atoms with Gasteiger partial charge in [0.25, 0.3) is 0 Å². The summed E-state index contributed by atoms with van der Waals surface area (Å²) in [7, 11) is 1.82. The molecule has 16 heteroatoms. The second-order valence-corrected chi connectivity index (χ2v) is 10.1. The number of hydrogen-bond donors (Lipinski definition) is 9. The minimum Gasteiger partial charge on any atom is -0.481 e. The van der Waals surface area contributed by atoms with Gasteiger partial charge >= 0.3 is 29.9 Å². The van der Waals surface area contributed by atoms with Crippen molar-refractivity contribution in [2.24, 2.45) is 0 Å². The second-order valence-electron chi connectivity index (χ2n) is 10.1. The van der Waals surface area contributed by atoms with Crippen LogP contribution in [0.3, 0.4) is 0 Å². The van der Waals surface area contributed by atoms with Gasteiger partial charge in [-0.05, 0) is 71.4 Å². The number of unbranched alkanes of at least 4 members (excludes halogenated alkanes) is 5. The average molecular weight is 618 g/mol. The van der Waals surface area contributed by atoms with E-state index in [1.54, 1.807) is 0 Å². The van der Waals surface area contributed by atoms with Crippen LogP contribution in [0, 0.1) is 0 Å². The van der Waals surface area contributed by atoms with Gasteiger partial charge in [0.1, 0.15) is 18.1 Å². The van der Waals surface area contributed by atoms with Gasteiger partial charge in [-0.3, -0.25) is 14.4 Å². The second kappa shape index (κ2) is 23.6. The number of hydrogen-bond acceptors (Lipinski definition) is 8. The zero-order chi connectivity index (χ0) is 32.6. The quantitative estimate of drug-likeness (QED) is 0.0606. The van der Waals surface area contributed by atoms with Crippen LogP contribution >= 0.6 is 0 Å². The molecule has 0 saturated carbocycles. The first kappa shape index (κ1) is 39.0. The third kappa shape index (κ3) is 21.4. The van der Waals surface area contributed by atoms with Gasteiger partial charge in [0.05, 0.1) is 0 Å². The van der Waals surface area contributed by atoms with Crippen LogP contribution in [0.2, 0.25) is 0 Å². The highest BCUT2D eigenvalue weighted by molar-refractivity contribution is 5.86. The van der Waals surface area contributed by atoms with Crippen LogP contribution in [0.25, 0.3) is 0 Å². The molecule has 16 nitrogen and oxygen atoms in total. The van der Waals surface area contributed by atoms with E-state index in [-0.39, 0.29) is 37.5 Å². The van der Waals surface area contributed by atoms with E-state index < -0.39 is 54.5 Å². The predicted octanol–water partition coefficient (Wildman–Crippen LogP) is 0.643. The van der Waals surface area contributed by atoms with Crippen LogP contribution in [0.15, 0.2) is 0 Å². The summed E-state index contributed by atoms with van der Waals surface area (Å²) >= 11 is 0. The van der Waals surface area contributed by atoms with Crippen molar-refractivity contribution in [3.8, 4) is 0 Å². The van der Waals surface area contributed by atoms with Crippen molar-refractivity contribution in [3.05, 3.63) is 0 Å². The van der Waals surface area contributed by atoms with Crippen molar-refractivity contribution in [2.75, 3.05) is 20.1 Å². The molecule has 0 aromatic carbocycles. The Kier molecular flexibility index (Phi) is 21.4. The lowest BCUT2D eigenvalue weighted by Gasteiger charge is -2.18. The average Bonchev–Trinajstić information content (AvgIpc) is 2.93. The number of nitrogens with one attached hydrogen (secondary N) is 5. The van der Waals surface area contributed by atoms with E-state index in [1.807, 2.05) is 7.05 Å². The highest BCUT2D eigenvalue weighted by Crippen LogP contribution is 2.08. The summed E-state index contributed by atoms with van der Waals surface area (Å²) in [6.45, 7) is 1.08. The Balaban J connectivity index is 4.10. The summed E-state index contributed by atoms with van der Waals surface area (Å²) < 4.78 is 0. The van der Waals surface area contributed by atoms with Gasteiger partial charge in [-0.1, -0.05) is 12.8 Å². The lowest BCUT2D eigenvalue weighted by atomic mass is 10.1. The molecule has 0 aromatic heterocycles. The van der Waals surface area contributed by atoms with Crippen LogP contribution in [0.4, 0.5) is 4.79 Å². The van der Waals surface area contributed by atoms with Crippen LogP contribution in [0.1, 0.15) is 89.9 Å². The fraction of sp³-hybridized carbons (Fsp3) is 0.741. The van der Waals surface area contributed by atoms with Gasteiger partial charge in [0, 0.05) is 25.8 Å². The van der Waals surface area contributed by atoms with Gasteiger partial charge in [0.15, 0.2) is 0 Å². The topological polar surface area (TPSA) is 261 Å². The largest absolute Gasteiger partial charge is 0.481 e.